The minimum absolute atomic E-state index is 0.0176. The number of likely N-dealkylation sites (tertiary alicyclic amines) is 1. The molecule has 3 atom stereocenters. The molecule has 0 aliphatic carbocycles. The molecule has 2 saturated heterocycles. The Morgan fingerprint density at radius 3 is 2.33 bits per heavy atom. The standard InChI is InChI=1S/C37H40ClN3O5/c38-31-15-13-30(14-16-31)37(44)17-19-41(20-18-37)24-33-22-34(28-11-9-27(25-42)10-12-28)46-35(45-33)29-7-4-8-32(21-29)40-36(43)39-23-26-5-2-1-3-6-26/h1-16,21,33-35,42,44H,17-20,22-25H2,(H2,39,40,43)/t33-,34+,35+/m1/s1. The first-order valence-corrected chi connectivity index (χ1v) is 16.1. The molecule has 4 N–H and O–H groups in total. The van der Waals surface area contributed by atoms with Crippen LogP contribution < -0.4 is 10.6 Å². The fraction of sp³-hybridized carbons (Fsp3) is 0.324. The highest BCUT2D eigenvalue weighted by Crippen LogP contribution is 2.40. The Morgan fingerprint density at radius 1 is 0.870 bits per heavy atom. The third kappa shape index (κ3) is 8.14. The van der Waals surface area contributed by atoms with E-state index in [9.17, 15) is 15.0 Å². The summed E-state index contributed by atoms with van der Waals surface area (Å²) in [7, 11) is 0. The maximum absolute atomic E-state index is 12.7. The molecule has 46 heavy (non-hydrogen) atoms. The maximum atomic E-state index is 12.7. The first-order chi connectivity index (χ1) is 22.4. The molecule has 0 unspecified atom stereocenters. The minimum atomic E-state index is -0.877. The monoisotopic (exact) mass is 641 g/mol. The lowest BCUT2D eigenvalue weighted by atomic mass is 9.84. The SMILES string of the molecule is O=C(NCc1ccccc1)Nc1cccc([C@H]2O[C@@H](CN3CCC(O)(c4ccc(Cl)cc4)CC3)C[C@@H](c3ccc(CO)cc3)O2)c1. The van der Waals surface area contributed by atoms with Crippen LogP contribution in [0.25, 0.3) is 0 Å². The van der Waals surface area contributed by atoms with Crippen molar-refractivity contribution < 1.29 is 24.5 Å². The number of rotatable bonds is 9. The van der Waals surface area contributed by atoms with E-state index < -0.39 is 11.9 Å². The van der Waals surface area contributed by atoms with Crippen molar-refractivity contribution in [2.45, 2.75) is 56.5 Å². The van der Waals surface area contributed by atoms with Gasteiger partial charge in [-0.05, 0) is 59.4 Å². The number of ether oxygens (including phenoxy) is 2. The van der Waals surface area contributed by atoms with E-state index in [0.29, 0.717) is 43.1 Å². The molecule has 0 radical (unpaired) electrons. The van der Waals surface area contributed by atoms with Gasteiger partial charge in [0.25, 0.3) is 0 Å². The van der Waals surface area contributed by atoms with Gasteiger partial charge in [0.05, 0.1) is 24.4 Å². The molecule has 8 nitrogen and oxygen atoms in total. The predicted octanol–water partition coefficient (Wildman–Crippen LogP) is 6.68. The average Bonchev–Trinajstić information content (AvgIpc) is 3.09. The van der Waals surface area contributed by atoms with E-state index >= 15 is 0 Å². The molecular formula is C37H40ClN3O5. The molecule has 2 aliphatic heterocycles. The molecule has 4 aromatic carbocycles. The van der Waals surface area contributed by atoms with Gasteiger partial charge in [-0.15, -0.1) is 0 Å². The number of benzene rings is 4. The number of hydrogen-bond donors (Lipinski definition) is 4. The first kappa shape index (κ1) is 32.2. The van der Waals surface area contributed by atoms with Crippen molar-refractivity contribution in [2.24, 2.45) is 0 Å². The topological polar surface area (TPSA) is 103 Å². The third-order valence-electron chi connectivity index (χ3n) is 8.85. The van der Waals surface area contributed by atoms with Gasteiger partial charge in [0.1, 0.15) is 0 Å². The van der Waals surface area contributed by atoms with Crippen molar-refractivity contribution in [3.8, 4) is 0 Å². The highest BCUT2D eigenvalue weighted by molar-refractivity contribution is 6.30. The fourth-order valence-corrected chi connectivity index (χ4v) is 6.32. The van der Waals surface area contributed by atoms with Gasteiger partial charge in [0, 0.05) is 48.9 Å². The predicted molar refractivity (Wildman–Crippen MR) is 178 cm³/mol. The quantitative estimate of drug-likeness (QED) is 0.163. The highest BCUT2D eigenvalue weighted by Gasteiger charge is 2.37. The van der Waals surface area contributed by atoms with Crippen LogP contribution in [-0.4, -0.2) is 46.9 Å². The van der Waals surface area contributed by atoms with Gasteiger partial charge in [-0.25, -0.2) is 4.79 Å². The molecule has 2 fully saturated rings. The fourth-order valence-electron chi connectivity index (χ4n) is 6.19. The van der Waals surface area contributed by atoms with Gasteiger partial charge in [-0.1, -0.05) is 90.5 Å². The minimum Gasteiger partial charge on any atom is -0.392 e. The lowest BCUT2D eigenvalue weighted by Crippen LogP contribution is -2.46. The van der Waals surface area contributed by atoms with E-state index in [4.69, 9.17) is 21.1 Å². The van der Waals surface area contributed by atoms with E-state index in [2.05, 4.69) is 15.5 Å². The summed E-state index contributed by atoms with van der Waals surface area (Å²) in [6.07, 6.45) is 0.895. The molecule has 2 aliphatic rings. The highest BCUT2D eigenvalue weighted by atomic mass is 35.5. The molecule has 0 bridgehead atoms. The second-order valence-electron chi connectivity index (χ2n) is 12.1. The summed E-state index contributed by atoms with van der Waals surface area (Å²) in [6.45, 7) is 2.57. The number of nitrogens with one attached hydrogen (secondary N) is 2. The van der Waals surface area contributed by atoms with Gasteiger partial charge in [-0.3, -0.25) is 0 Å². The summed E-state index contributed by atoms with van der Waals surface area (Å²) in [5, 5.41) is 27.4. The maximum Gasteiger partial charge on any atom is 0.319 e. The Hall–Kier alpha value is -3.76. The zero-order chi connectivity index (χ0) is 31.9. The number of halogens is 1. The summed E-state index contributed by atoms with van der Waals surface area (Å²) in [5.41, 5.74) is 4.33. The van der Waals surface area contributed by atoms with Crippen LogP contribution in [0.4, 0.5) is 10.5 Å². The van der Waals surface area contributed by atoms with Crippen LogP contribution in [-0.2, 0) is 28.2 Å². The lowest BCUT2D eigenvalue weighted by Gasteiger charge is -2.42. The summed E-state index contributed by atoms with van der Waals surface area (Å²) >= 11 is 6.07. The molecule has 2 heterocycles. The summed E-state index contributed by atoms with van der Waals surface area (Å²) in [5.74, 6) is 0. The molecular weight excluding hydrogens is 602 g/mol. The summed E-state index contributed by atoms with van der Waals surface area (Å²) in [4.78, 5) is 15.0. The van der Waals surface area contributed by atoms with Crippen LogP contribution in [0.3, 0.4) is 0 Å². The van der Waals surface area contributed by atoms with Crippen molar-refractivity contribution in [1.82, 2.24) is 10.2 Å². The summed E-state index contributed by atoms with van der Waals surface area (Å²) in [6, 6.07) is 32.3. The van der Waals surface area contributed by atoms with Crippen molar-refractivity contribution in [3.63, 3.8) is 0 Å². The van der Waals surface area contributed by atoms with Crippen LogP contribution >= 0.6 is 11.6 Å². The average molecular weight is 642 g/mol. The zero-order valence-corrected chi connectivity index (χ0v) is 26.4. The first-order valence-electron chi connectivity index (χ1n) is 15.8. The van der Waals surface area contributed by atoms with Gasteiger partial charge in [0.2, 0.25) is 0 Å². The Bertz CT molecular complexity index is 1580. The Morgan fingerprint density at radius 2 is 1.61 bits per heavy atom. The molecule has 6 rings (SSSR count). The van der Waals surface area contributed by atoms with Crippen molar-refractivity contribution >= 4 is 23.3 Å². The second kappa shape index (κ2) is 14.8. The number of piperidine rings is 1. The number of amides is 2. The largest absolute Gasteiger partial charge is 0.392 e. The number of urea groups is 1. The molecule has 0 spiro atoms. The van der Waals surface area contributed by atoms with Crippen LogP contribution in [0, 0.1) is 0 Å². The van der Waals surface area contributed by atoms with Gasteiger partial charge in [0.15, 0.2) is 6.29 Å². The number of aliphatic hydroxyl groups excluding tert-OH is 1. The number of carbonyl (C=O) groups is 1. The van der Waals surface area contributed by atoms with Gasteiger partial charge in [-0.2, -0.15) is 0 Å². The number of carbonyl (C=O) groups excluding carboxylic acids is 1. The lowest BCUT2D eigenvalue weighted by molar-refractivity contribution is -0.253. The molecule has 2 amide bonds. The Kier molecular flexibility index (Phi) is 10.3. The summed E-state index contributed by atoms with van der Waals surface area (Å²) < 4.78 is 13.1. The van der Waals surface area contributed by atoms with Crippen molar-refractivity contribution in [2.75, 3.05) is 25.0 Å². The van der Waals surface area contributed by atoms with E-state index in [1.54, 1.807) is 0 Å². The Labute approximate surface area is 274 Å². The molecule has 9 heteroatoms. The molecule has 0 saturated carbocycles. The Balaban J connectivity index is 1.13. The second-order valence-corrected chi connectivity index (χ2v) is 12.5. The van der Waals surface area contributed by atoms with E-state index in [0.717, 1.165) is 40.9 Å². The number of hydrogen-bond acceptors (Lipinski definition) is 6. The zero-order valence-electron chi connectivity index (χ0n) is 25.6. The number of nitrogens with zero attached hydrogens (tertiary/aromatic N) is 1. The van der Waals surface area contributed by atoms with Gasteiger partial charge < -0.3 is 35.2 Å². The molecule has 240 valence electrons. The van der Waals surface area contributed by atoms with Crippen LogP contribution in [0.2, 0.25) is 5.02 Å². The number of aliphatic hydroxyl groups is 2. The van der Waals surface area contributed by atoms with E-state index in [1.807, 2.05) is 103 Å². The van der Waals surface area contributed by atoms with Crippen molar-refractivity contribution in [3.05, 3.63) is 136 Å². The third-order valence-corrected chi connectivity index (χ3v) is 9.11. The van der Waals surface area contributed by atoms with Crippen LogP contribution in [0.1, 0.15) is 59.5 Å². The smallest absolute Gasteiger partial charge is 0.319 e. The van der Waals surface area contributed by atoms with Crippen LogP contribution in [0.15, 0.2) is 103 Å². The van der Waals surface area contributed by atoms with E-state index in [1.165, 1.54) is 0 Å². The van der Waals surface area contributed by atoms with Gasteiger partial charge >= 0.3 is 6.03 Å². The molecule has 4 aromatic rings. The van der Waals surface area contributed by atoms with Crippen LogP contribution in [0.5, 0.6) is 0 Å². The number of anilines is 1. The molecule has 0 aromatic heterocycles. The van der Waals surface area contributed by atoms with E-state index in [-0.39, 0.29) is 24.8 Å². The normalized spacial score (nSPS) is 21.4. The van der Waals surface area contributed by atoms with Crippen molar-refractivity contribution in [1.29, 1.82) is 0 Å².